The van der Waals surface area contributed by atoms with Crippen molar-refractivity contribution in [3.63, 3.8) is 0 Å². The number of hydrogen-bond donors (Lipinski definition) is 2. The molecule has 2 aliphatic heterocycles. The minimum Gasteiger partial charge on any atom is -0.382 e. The Morgan fingerprint density at radius 1 is 1.11 bits per heavy atom. The molecule has 282 valence electrons. The molecule has 2 aromatic carbocycles. The summed E-state index contributed by atoms with van der Waals surface area (Å²) >= 11 is 1.63. The fraction of sp³-hybridized carbons (Fsp3) is 0.325. The Hall–Kier alpha value is -5.95. The maximum Gasteiger partial charge on any atom is 0.263 e. The Balaban J connectivity index is 0.950. The van der Waals surface area contributed by atoms with Crippen LogP contribution in [0.25, 0.3) is 5.00 Å². The van der Waals surface area contributed by atoms with Crippen LogP contribution in [0.1, 0.15) is 92.3 Å². The van der Waals surface area contributed by atoms with Gasteiger partial charge >= 0.3 is 0 Å². The van der Waals surface area contributed by atoms with Crippen LogP contribution in [0.4, 0.5) is 5.69 Å². The van der Waals surface area contributed by atoms with Crippen LogP contribution in [0.3, 0.4) is 0 Å². The van der Waals surface area contributed by atoms with E-state index in [9.17, 15) is 19.2 Å². The Morgan fingerprint density at radius 3 is 2.76 bits per heavy atom. The predicted molar refractivity (Wildman–Crippen MR) is 204 cm³/mol. The Bertz CT molecular complexity index is 2300. The third kappa shape index (κ3) is 7.97. The number of fused-ring (bicyclic) bond motifs is 4. The third-order valence-electron chi connectivity index (χ3n) is 9.59. The minimum absolute atomic E-state index is 0.0115. The quantitative estimate of drug-likeness (QED) is 0.0710. The number of rotatable bonds is 14. The van der Waals surface area contributed by atoms with Gasteiger partial charge in [-0.1, -0.05) is 48.2 Å². The van der Waals surface area contributed by atoms with Gasteiger partial charge in [-0.15, -0.1) is 21.5 Å². The average Bonchev–Trinajstić information content (AvgIpc) is 3.93. The first-order valence-electron chi connectivity index (χ1n) is 18.1. The molecule has 0 saturated heterocycles. The highest BCUT2D eigenvalue weighted by Crippen LogP contribution is 2.39. The number of aromatic nitrogens is 5. The summed E-state index contributed by atoms with van der Waals surface area (Å²) in [6, 6.07) is 14.9. The van der Waals surface area contributed by atoms with Crippen LogP contribution in [0, 0.1) is 18.8 Å². The fourth-order valence-corrected chi connectivity index (χ4v) is 7.97. The molecule has 5 aromatic rings. The van der Waals surface area contributed by atoms with Crippen molar-refractivity contribution in [2.24, 2.45) is 0 Å². The Kier molecular flexibility index (Phi) is 11.3. The molecule has 55 heavy (non-hydrogen) atoms. The molecular formula is C40H40N8O6S. The highest BCUT2D eigenvalue weighted by molar-refractivity contribution is 7.15. The topological polar surface area (TPSA) is 163 Å². The molecule has 3 aromatic heterocycles. The number of thiophene rings is 1. The minimum atomic E-state index is -0.523. The van der Waals surface area contributed by atoms with Crippen LogP contribution in [0.15, 0.2) is 60.9 Å². The van der Waals surface area contributed by atoms with Gasteiger partial charge in [-0.3, -0.25) is 38.6 Å². The van der Waals surface area contributed by atoms with Crippen molar-refractivity contribution in [3.05, 3.63) is 111 Å². The van der Waals surface area contributed by atoms with Gasteiger partial charge in [0.15, 0.2) is 5.82 Å². The third-order valence-corrected chi connectivity index (χ3v) is 10.8. The summed E-state index contributed by atoms with van der Waals surface area (Å²) in [5.41, 5.74) is 5.37. The molecular weight excluding hydrogens is 721 g/mol. The second-order valence-electron chi connectivity index (χ2n) is 13.3. The van der Waals surface area contributed by atoms with Crippen molar-refractivity contribution >= 4 is 41.2 Å². The molecule has 0 bridgehead atoms. The summed E-state index contributed by atoms with van der Waals surface area (Å²) in [4.78, 5) is 50.8. The number of carbonyl (C=O) groups is 4. The van der Waals surface area contributed by atoms with Crippen molar-refractivity contribution < 1.29 is 28.7 Å². The molecule has 0 fully saturated rings. The summed E-state index contributed by atoms with van der Waals surface area (Å²) in [6.07, 6.45) is 4.74. The molecule has 1 unspecified atom stereocenters. The number of hydrogen-bond acceptors (Lipinski definition) is 11. The van der Waals surface area contributed by atoms with E-state index < -0.39 is 23.8 Å². The molecule has 14 nitrogen and oxygen atoms in total. The summed E-state index contributed by atoms with van der Waals surface area (Å²) in [6.45, 7) is 7.81. The average molecular weight is 761 g/mol. The molecule has 2 atom stereocenters. The lowest BCUT2D eigenvalue weighted by atomic mass is 10.0. The zero-order chi connectivity index (χ0) is 38.5. The first kappa shape index (κ1) is 37.4. The van der Waals surface area contributed by atoms with E-state index in [4.69, 9.17) is 9.47 Å². The molecule has 0 aliphatic carbocycles. The van der Waals surface area contributed by atoms with E-state index in [0.29, 0.717) is 56.1 Å². The number of anilines is 1. The summed E-state index contributed by atoms with van der Waals surface area (Å²) in [5, 5.41) is 19.6. The van der Waals surface area contributed by atoms with Crippen LogP contribution in [-0.2, 0) is 38.6 Å². The maximum absolute atomic E-state index is 13.3. The van der Waals surface area contributed by atoms with Gasteiger partial charge < -0.3 is 14.8 Å². The maximum atomic E-state index is 13.3. The number of nitrogens with zero attached hydrogens (tertiary/aromatic N) is 6. The van der Waals surface area contributed by atoms with Gasteiger partial charge in [-0.05, 0) is 56.9 Å². The smallest absolute Gasteiger partial charge is 0.263 e. The molecule has 0 saturated carbocycles. The monoisotopic (exact) mass is 760 g/mol. The standard InChI is InChI=1S/C40H40N8O6S/c1-25(12-15-35(50)42-24-49)47-38(51)30-10-7-11-33(36(30)39(47)52)41-16-18-53-19-17-46-22-29(21-43-46)13-14-34-31(20-28-8-5-4-6-9-28)32-23-54-26(2)37-45-44-27(3)48(37)40(32)55-34/h4-11,21-22,24-26,41H,12,15-20,23H2,1-3H3,(H,42,49,50)/t25?,26-/m0/s1. The largest absolute Gasteiger partial charge is 0.382 e. The molecule has 2 N–H and O–H groups in total. The number of carbonyl (C=O) groups excluding carboxylic acids is 4. The van der Waals surface area contributed by atoms with Gasteiger partial charge in [0, 0.05) is 36.5 Å². The van der Waals surface area contributed by atoms with Crippen LogP contribution >= 0.6 is 11.3 Å². The van der Waals surface area contributed by atoms with E-state index in [1.54, 1.807) is 47.3 Å². The van der Waals surface area contributed by atoms with Crippen molar-refractivity contribution in [3.8, 4) is 16.8 Å². The highest BCUT2D eigenvalue weighted by Gasteiger charge is 2.40. The molecule has 0 spiro atoms. The molecule has 15 heteroatoms. The van der Waals surface area contributed by atoms with Crippen LogP contribution in [-0.4, -0.2) is 79.4 Å². The van der Waals surface area contributed by atoms with Crippen molar-refractivity contribution in [1.82, 2.24) is 34.8 Å². The normalized spacial score (nSPS) is 15.0. The van der Waals surface area contributed by atoms with E-state index >= 15 is 0 Å². The zero-order valence-electron chi connectivity index (χ0n) is 30.7. The zero-order valence-corrected chi connectivity index (χ0v) is 31.5. The first-order chi connectivity index (χ1) is 26.7. The molecule has 0 radical (unpaired) electrons. The molecule has 2 aliphatic rings. The van der Waals surface area contributed by atoms with Crippen LogP contribution in [0.2, 0.25) is 0 Å². The van der Waals surface area contributed by atoms with Crippen LogP contribution < -0.4 is 10.6 Å². The second-order valence-corrected chi connectivity index (χ2v) is 14.3. The number of amides is 4. The van der Waals surface area contributed by atoms with Crippen LogP contribution in [0.5, 0.6) is 0 Å². The Morgan fingerprint density at radius 2 is 1.95 bits per heavy atom. The lowest BCUT2D eigenvalue weighted by molar-refractivity contribution is -0.125. The predicted octanol–water partition coefficient (Wildman–Crippen LogP) is 4.58. The van der Waals surface area contributed by atoms with Gasteiger partial charge in [-0.25, -0.2) is 0 Å². The highest BCUT2D eigenvalue weighted by atomic mass is 32.1. The van der Waals surface area contributed by atoms with Crippen molar-refractivity contribution in [2.45, 2.75) is 65.3 Å². The van der Waals surface area contributed by atoms with Gasteiger partial charge in [0.1, 0.15) is 16.9 Å². The van der Waals surface area contributed by atoms with Gasteiger partial charge in [0.05, 0.1) is 54.1 Å². The summed E-state index contributed by atoms with van der Waals surface area (Å²) in [7, 11) is 0. The SMILES string of the molecule is Cc1nnc2n1-c1sc(C#Cc3cnn(CCOCCNc4cccc5c4C(=O)N(C(C)CCC(=O)NC=O)C5=O)c3)c(Cc3ccccc3)c1CO[C@H]2C. The van der Waals surface area contributed by atoms with Gasteiger partial charge in [-0.2, -0.15) is 5.10 Å². The Labute approximate surface area is 321 Å². The first-order valence-corrected chi connectivity index (χ1v) is 18.9. The van der Waals surface area contributed by atoms with Crippen molar-refractivity contribution in [1.29, 1.82) is 0 Å². The lowest BCUT2D eigenvalue weighted by Crippen LogP contribution is -2.38. The van der Waals surface area contributed by atoms with E-state index in [1.807, 2.05) is 38.2 Å². The van der Waals surface area contributed by atoms with Gasteiger partial charge in [0.25, 0.3) is 11.8 Å². The van der Waals surface area contributed by atoms with E-state index in [1.165, 1.54) is 10.5 Å². The lowest BCUT2D eigenvalue weighted by Gasteiger charge is -2.22. The molecule has 5 heterocycles. The number of aryl methyl sites for hydroxylation is 1. The second kappa shape index (κ2) is 16.6. The summed E-state index contributed by atoms with van der Waals surface area (Å²) in [5.74, 6) is 7.05. The summed E-state index contributed by atoms with van der Waals surface area (Å²) < 4.78 is 16.0. The van der Waals surface area contributed by atoms with E-state index in [-0.39, 0.29) is 18.9 Å². The number of ether oxygens (including phenoxy) is 2. The number of nitrogens with one attached hydrogen (secondary N) is 2. The van der Waals surface area contributed by atoms with E-state index in [2.05, 4.69) is 54.5 Å². The number of imide groups is 2. The van der Waals surface area contributed by atoms with E-state index in [0.717, 1.165) is 44.6 Å². The van der Waals surface area contributed by atoms with Gasteiger partial charge in [0.2, 0.25) is 12.3 Å². The number of benzene rings is 2. The fourth-order valence-electron chi connectivity index (χ4n) is 6.73. The molecule has 4 amide bonds. The van der Waals surface area contributed by atoms with Crippen molar-refractivity contribution in [2.75, 3.05) is 25.1 Å². The molecule has 7 rings (SSSR count).